The summed E-state index contributed by atoms with van der Waals surface area (Å²) in [6.45, 7) is 2.17. The fraction of sp³-hybridized carbons (Fsp3) is 0.118. The zero-order valence-electron chi connectivity index (χ0n) is 11.0. The largest absolute Gasteiger partial charge is 0.497 e. The SMILES string of the molecule is COc1ccc(-c2cc(C)c3ccccc3[s+]2)cc1. The van der Waals surface area contributed by atoms with Crippen molar-refractivity contribution in [3.05, 3.63) is 60.2 Å². The summed E-state index contributed by atoms with van der Waals surface area (Å²) in [5.41, 5.74) is 2.56. The molecule has 1 nitrogen and oxygen atoms in total. The maximum absolute atomic E-state index is 5.20. The van der Waals surface area contributed by atoms with E-state index in [0.29, 0.717) is 0 Å². The van der Waals surface area contributed by atoms with Gasteiger partial charge in [-0.3, -0.25) is 0 Å². The van der Waals surface area contributed by atoms with E-state index in [0.717, 1.165) is 5.75 Å². The fourth-order valence-corrected chi connectivity index (χ4v) is 3.41. The predicted molar refractivity (Wildman–Crippen MR) is 83.0 cm³/mol. The van der Waals surface area contributed by atoms with Gasteiger partial charge in [0.2, 0.25) is 20.9 Å². The van der Waals surface area contributed by atoms with E-state index in [-0.39, 0.29) is 0 Å². The average molecular weight is 267 g/mol. The van der Waals surface area contributed by atoms with Gasteiger partial charge in [-0.05, 0) is 42.8 Å². The van der Waals surface area contributed by atoms with Crippen LogP contribution < -0.4 is 4.74 Å². The predicted octanol–water partition coefficient (Wildman–Crippen LogP) is 5.17. The molecule has 2 heteroatoms. The van der Waals surface area contributed by atoms with Crippen LogP contribution in [0, 0.1) is 6.92 Å². The van der Waals surface area contributed by atoms with Gasteiger partial charge in [0.1, 0.15) is 5.75 Å². The Bertz CT molecular complexity index is 717. The van der Waals surface area contributed by atoms with E-state index >= 15 is 0 Å². The third-order valence-electron chi connectivity index (χ3n) is 3.25. The minimum Gasteiger partial charge on any atom is -0.497 e. The second-order valence-electron chi connectivity index (χ2n) is 4.52. The lowest BCUT2D eigenvalue weighted by atomic mass is 10.1. The first-order chi connectivity index (χ1) is 9.28. The van der Waals surface area contributed by atoms with Crippen molar-refractivity contribution in [3.63, 3.8) is 0 Å². The molecule has 1 heterocycles. The zero-order chi connectivity index (χ0) is 13.2. The Hall–Kier alpha value is -1.93. The first-order valence-electron chi connectivity index (χ1n) is 6.25. The summed E-state index contributed by atoms with van der Waals surface area (Å²) in [5, 5.41) is 1.34. The number of aryl methyl sites for hydroxylation is 1. The van der Waals surface area contributed by atoms with Crippen LogP contribution in [0.4, 0.5) is 0 Å². The number of rotatable bonds is 2. The van der Waals surface area contributed by atoms with Gasteiger partial charge >= 0.3 is 0 Å². The van der Waals surface area contributed by atoms with E-state index in [2.05, 4.69) is 49.4 Å². The molecule has 1 aromatic heterocycles. The topological polar surface area (TPSA) is 9.23 Å². The molecule has 2 aromatic carbocycles. The number of benzene rings is 2. The summed E-state index contributed by atoms with van der Waals surface area (Å²) in [6.07, 6.45) is 0. The van der Waals surface area contributed by atoms with Gasteiger partial charge in [0.05, 0.1) is 7.11 Å². The van der Waals surface area contributed by atoms with Crippen LogP contribution in [0.5, 0.6) is 5.75 Å². The second kappa shape index (κ2) is 4.98. The molecule has 0 aliphatic heterocycles. The Morgan fingerprint density at radius 3 is 2.42 bits per heavy atom. The minimum atomic E-state index is 0.895. The van der Waals surface area contributed by atoms with Gasteiger partial charge in [0, 0.05) is 23.1 Å². The van der Waals surface area contributed by atoms with Gasteiger partial charge in [-0.2, -0.15) is 0 Å². The lowest BCUT2D eigenvalue weighted by molar-refractivity contribution is 0.415. The van der Waals surface area contributed by atoms with Crippen LogP contribution in [0.2, 0.25) is 0 Å². The molecule has 0 aliphatic carbocycles. The summed E-state index contributed by atoms with van der Waals surface area (Å²) in [7, 11) is 1.69. The van der Waals surface area contributed by atoms with Gasteiger partial charge in [-0.15, -0.1) is 0 Å². The molecule has 0 saturated carbocycles. The lowest BCUT2D eigenvalue weighted by Gasteiger charge is -2.00. The van der Waals surface area contributed by atoms with E-state index in [1.807, 2.05) is 23.5 Å². The van der Waals surface area contributed by atoms with E-state index in [1.165, 1.54) is 26.1 Å². The maximum atomic E-state index is 5.20. The van der Waals surface area contributed by atoms with Crippen molar-refractivity contribution >= 4 is 21.4 Å². The third kappa shape index (κ3) is 2.32. The zero-order valence-corrected chi connectivity index (χ0v) is 11.8. The Balaban J connectivity index is 2.14. The second-order valence-corrected chi connectivity index (χ2v) is 5.60. The van der Waals surface area contributed by atoms with Crippen LogP contribution in [-0.2, 0) is 0 Å². The molecule has 0 bridgehead atoms. The summed E-state index contributed by atoms with van der Waals surface area (Å²) >= 11 is 1.83. The van der Waals surface area contributed by atoms with Crippen LogP contribution >= 0.6 is 11.3 Å². The minimum absolute atomic E-state index is 0.895. The molecule has 0 atom stereocenters. The van der Waals surface area contributed by atoms with Crippen molar-refractivity contribution < 1.29 is 4.74 Å². The molecule has 0 radical (unpaired) electrons. The number of methoxy groups -OCH3 is 1. The quantitative estimate of drug-likeness (QED) is 0.582. The van der Waals surface area contributed by atoms with Crippen LogP contribution in [0.25, 0.3) is 20.5 Å². The molecule has 19 heavy (non-hydrogen) atoms. The van der Waals surface area contributed by atoms with Crippen molar-refractivity contribution in [2.75, 3.05) is 7.11 Å². The van der Waals surface area contributed by atoms with Crippen molar-refractivity contribution in [3.8, 4) is 16.2 Å². The van der Waals surface area contributed by atoms with Crippen LogP contribution in [0.3, 0.4) is 0 Å². The van der Waals surface area contributed by atoms with Crippen molar-refractivity contribution in [2.24, 2.45) is 0 Å². The van der Waals surface area contributed by atoms with Crippen molar-refractivity contribution in [1.82, 2.24) is 0 Å². The number of hydrogen-bond acceptors (Lipinski definition) is 1. The van der Waals surface area contributed by atoms with Crippen LogP contribution in [-0.4, -0.2) is 7.11 Å². The standard InChI is InChI=1S/C17H15OS/c1-12-11-17(13-7-9-14(18-2)10-8-13)19-16-6-4-3-5-15(12)16/h3-11H,1-2H3/q+1. The highest BCUT2D eigenvalue weighted by atomic mass is 32.1. The Morgan fingerprint density at radius 1 is 0.947 bits per heavy atom. The monoisotopic (exact) mass is 267 g/mol. The van der Waals surface area contributed by atoms with E-state index in [1.54, 1.807) is 7.11 Å². The first-order valence-corrected chi connectivity index (χ1v) is 7.06. The van der Waals surface area contributed by atoms with Gasteiger partial charge in [-0.1, -0.05) is 12.1 Å². The highest BCUT2D eigenvalue weighted by Gasteiger charge is 2.15. The molecular formula is C17H15OS+. The first kappa shape index (κ1) is 12.1. The Labute approximate surface area is 117 Å². The summed E-state index contributed by atoms with van der Waals surface area (Å²) in [4.78, 5) is 1.29. The molecule has 0 amide bonds. The van der Waals surface area contributed by atoms with Gasteiger partial charge in [-0.25, -0.2) is 0 Å². The van der Waals surface area contributed by atoms with E-state index in [4.69, 9.17) is 4.74 Å². The highest BCUT2D eigenvalue weighted by Crippen LogP contribution is 2.33. The molecule has 0 aliphatic rings. The fourth-order valence-electron chi connectivity index (χ4n) is 2.20. The van der Waals surface area contributed by atoms with Gasteiger partial charge in [0.15, 0.2) is 0 Å². The molecule has 0 N–H and O–H groups in total. The molecule has 0 spiro atoms. The molecule has 3 aromatic rings. The Kier molecular flexibility index (Phi) is 3.18. The molecule has 3 rings (SSSR count). The van der Waals surface area contributed by atoms with E-state index < -0.39 is 0 Å². The number of hydrogen-bond donors (Lipinski definition) is 0. The van der Waals surface area contributed by atoms with Gasteiger partial charge < -0.3 is 4.74 Å². The third-order valence-corrected chi connectivity index (χ3v) is 4.40. The van der Waals surface area contributed by atoms with Gasteiger partial charge in [0.25, 0.3) is 0 Å². The van der Waals surface area contributed by atoms with E-state index in [9.17, 15) is 0 Å². The normalized spacial score (nSPS) is 10.6. The molecule has 0 unspecified atom stereocenters. The summed E-state index contributed by atoms with van der Waals surface area (Å²) in [5.74, 6) is 0.895. The molecule has 0 fully saturated rings. The summed E-state index contributed by atoms with van der Waals surface area (Å²) < 4.78 is 6.53. The lowest BCUT2D eigenvalue weighted by Crippen LogP contribution is -1.83. The average Bonchev–Trinajstić information content (AvgIpc) is 2.47. The van der Waals surface area contributed by atoms with Crippen molar-refractivity contribution in [2.45, 2.75) is 6.92 Å². The summed E-state index contributed by atoms with van der Waals surface area (Å²) in [6, 6.07) is 19.0. The molecule has 94 valence electrons. The van der Waals surface area contributed by atoms with Crippen LogP contribution in [0.1, 0.15) is 5.56 Å². The number of fused-ring (bicyclic) bond motifs is 1. The maximum Gasteiger partial charge on any atom is 0.239 e. The smallest absolute Gasteiger partial charge is 0.239 e. The van der Waals surface area contributed by atoms with Crippen LogP contribution in [0.15, 0.2) is 54.6 Å². The molecular weight excluding hydrogens is 252 g/mol. The number of ether oxygens (including phenoxy) is 1. The van der Waals surface area contributed by atoms with Crippen molar-refractivity contribution in [1.29, 1.82) is 0 Å². The Morgan fingerprint density at radius 2 is 1.68 bits per heavy atom. The molecule has 0 saturated heterocycles. The highest BCUT2D eigenvalue weighted by molar-refractivity contribution is 7.21.